The number of non-ortho nitro benzene ring substituents is 1. The van der Waals surface area contributed by atoms with Crippen LogP contribution in [-0.4, -0.2) is 41.7 Å². The van der Waals surface area contributed by atoms with E-state index >= 15 is 0 Å². The van der Waals surface area contributed by atoms with E-state index in [2.05, 4.69) is 5.32 Å². The summed E-state index contributed by atoms with van der Waals surface area (Å²) >= 11 is 0. The minimum absolute atomic E-state index is 0.00465. The molecule has 0 saturated heterocycles. The molecule has 0 radical (unpaired) electrons. The molecule has 0 atom stereocenters. The molecule has 2 N–H and O–H groups in total. The van der Waals surface area contributed by atoms with Crippen LogP contribution in [0, 0.1) is 10.1 Å². The van der Waals surface area contributed by atoms with Crippen molar-refractivity contribution < 1.29 is 24.4 Å². The minimum atomic E-state index is -1.06. The molecule has 8 heteroatoms. The van der Waals surface area contributed by atoms with Crippen LogP contribution in [-0.2, 0) is 20.7 Å². The second-order valence-electron chi connectivity index (χ2n) is 4.22. The molecule has 1 rings (SSSR count). The van der Waals surface area contributed by atoms with E-state index in [1.807, 2.05) is 0 Å². The second-order valence-corrected chi connectivity index (χ2v) is 4.22. The van der Waals surface area contributed by atoms with E-state index in [9.17, 15) is 19.7 Å². The summed E-state index contributed by atoms with van der Waals surface area (Å²) in [6, 6.07) is 6.12. The van der Waals surface area contributed by atoms with Gasteiger partial charge in [0, 0.05) is 25.1 Å². The third kappa shape index (κ3) is 7.02. The number of ether oxygens (including phenoxy) is 1. The van der Waals surface area contributed by atoms with Crippen molar-refractivity contribution in [1.82, 2.24) is 5.32 Å². The van der Waals surface area contributed by atoms with E-state index in [1.165, 1.54) is 12.1 Å². The normalized spacial score (nSPS) is 10.1. The number of nitrogens with one attached hydrogen (secondary N) is 1. The topological polar surface area (TPSA) is 119 Å². The molecule has 0 fully saturated rings. The van der Waals surface area contributed by atoms with Gasteiger partial charge in [-0.05, 0) is 12.0 Å². The zero-order valence-corrected chi connectivity index (χ0v) is 11.3. The number of carbonyl (C=O) groups is 2. The maximum Gasteiger partial charge on any atom is 0.329 e. The molecule has 0 aliphatic carbocycles. The van der Waals surface area contributed by atoms with Crippen LogP contribution in [0.2, 0.25) is 0 Å². The van der Waals surface area contributed by atoms with Crippen LogP contribution < -0.4 is 5.32 Å². The number of hydrogen-bond acceptors (Lipinski definition) is 5. The Labute approximate surface area is 120 Å². The molecular formula is C13H16N2O6. The largest absolute Gasteiger partial charge is 0.480 e. The number of carbonyl (C=O) groups excluding carboxylic acids is 1. The predicted octanol–water partition coefficient (Wildman–Crippen LogP) is 0.745. The Morgan fingerprint density at radius 1 is 1.38 bits per heavy atom. The summed E-state index contributed by atoms with van der Waals surface area (Å²) in [7, 11) is 0. The van der Waals surface area contributed by atoms with Gasteiger partial charge in [-0.2, -0.15) is 0 Å². The first-order chi connectivity index (χ1) is 9.99. The SMILES string of the molecule is O=C(O)COCCNC(=O)CCc1cccc([N+](=O)[O-])c1. The monoisotopic (exact) mass is 296 g/mol. The number of rotatable bonds is 9. The highest BCUT2D eigenvalue weighted by atomic mass is 16.6. The Hall–Kier alpha value is -2.48. The number of aryl methyl sites for hydroxylation is 1. The number of nitrogens with zero attached hydrogens (tertiary/aromatic N) is 1. The van der Waals surface area contributed by atoms with Crippen molar-refractivity contribution in [3.8, 4) is 0 Å². The summed E-state index contributed by atoms with van der Waals surface area (Å²) in [5, 5.41) is 21.5. The molecule has 0 spiro atoms. The number of benzene rings is 1. The maximum absolute atomic E-state index is 11.5. The highest BCUT2D eigenvalue weighted by Crippen LogP contribution is 2.14. The lowest BCUT2D eigenvalue weighted by Crippen LogP contribution is -2.28. The van der Waals surface area contributed by atoms with E-state index < -0.39 is 17.5 Å². The maximum atomic E-state index is 11.5. The molecule has 0 saturated carbocycles. The number of amides is 1. The lowest BCUT2D eigenvalue weighted by Gasteiger charge is -2.05. The fourth-order valence-corrected chi connectivity index (χ4v) is 1.59. The third-order valence-electron chi connectivity index (χ3n) is 2.56. The van der Waals surface area contributed by atoms with Crippen molar-refractivity contribution in [3.63, 3.8) is 0 Å². The van der Waals surface area contributed by atoms with Gasteiger partial charge < -0.3 is 15.2 Å². The van der Waals surface area contributed by atoms with Gasteiger partial charge in [0.2, 0.25) is 5.91 Å². The van der Waals surface area contributed by atoms with Gasteiger partial charge in [0.15, 0.2) is 0 Å². The number of nitro groups is 1. The van der Waals surface area contributed by atoms with Crippen molar-refractivity contribution in [2.75, 3.05) is 19.8 Å². The summed E-state index contributed by atoms with van der Waals surface area (Å²) in [6.07, 6.45) is 0.587. The van der Waals surface area contributed by atoms with Crippen LogP contribution in [0.25, 0.3) is 0 Å². The Bertz CT molecular complexity index is 517. The molecule has 1 aromatic rings. The second kappa shape index (κ2) is 8.64. The zero-order chi connectivity index (χ0) is 15.7. The minimum Gasteiger partial charge on any atom is -0.480 e. The number of hydrogen-bond donors (Lipinski definition) is 2. The quantitative estimate of drug-likeness (QED) is 0.394. The van der Waals surface area contributed by atoms with Gasteiger partial charge in [-0.15, -0.1) is 0 Å². The number of carboxylic acids is 1. The van der Waals surface area contributed by atoms with E-state index in [0.29, 0.717) is 12.0 Å². The molecule has 8 nitrogen and oxygen atoms in total. The molecule has 0 aliphatic heterocycles. The van der Waals surface area contributed by atoms with Gasteiger partial charge in [-0.3, -0.25) is 14.9 Å². The van der Waals surface area contributed by atoms with Crippen molar-refractivity contribution >= 4 is 17.6 Å². The third-order valence-corrected chi connectivity index (χ3v) is 2.56. The number of carboxylic acid groups (broad SMARTS) is 1. The van der Waals surface area contributed by atoms with E-state index in [4.69, 9.17) is 9.84 Å². The molecule has 1 aromatic carbocycles. The molecule has 0 heterocycles. The predicted molar refractivity (Wildman–Crippen MR) is 72.9 cm³/mol. The average Bonchev–Trinajstić information content (AvgIpc) is 2.44. The van der Waals surface area contributed by atoms with Gasteiger partial charge in [0.25, 0.3) is 5.69 Å². The Morgan fingerprint density at radius 2 is 2.14 bits per heavy atom. The first-order valence-electron chi connectivity index (χ1n) is 6.28. The van der Waals surface area contributed by atoms with Crippen molar-refractivity contribution in [1.29, 1.82) is 0 Å². The lowest BCUT2D eigenvalue weighted by atomic mass is 10.1. The van der Waals surface area contributed by atoms with Crippen molar-refractivity contribution in [2.24, 2.45) is 0 Å². The smallest absolute Gasteiger partial charge is 0.329 e. The number of nitro benzene ring substituents is 1. The van der Waals surface area contributed by atoms with E-state index in [1.54, 1.807) is 12.1 Å². The molecule has 114 valence electrons. The Morgan fingerprint density at radius 3 is 2.81 bits per heavy atom. The number of aliphatic carboxylic acids is 1. The first kappa shape index (κ1) is 16.6. The van der Waals surface area contributed by atoms with Gasteiger partial charge in [-0.1, -0.05) is 12.1 Å². The zero-order valence-electron chi connectivity index (χ0n) is 11.3. The molecular weight excluding hydrogens is 280 g/mol. The van der Waals surface area contributed by atoms with E-state index in [0.717, 1.165) is 0 Å². The summed E-state index contributed by atoms with van der Waals surface area (Å²) in [4.78, 5) is 31.8. The highest BCUT2D eigenvalue weighted by Gasteiger charge is 2.07. The molecule has 0 unspecified atom stereocenters. The molecule has 1 amide bonds. The van der Waals surface area contributed by atoms with E-state index in [-0.39, 0.29) is 31.2 Å². The molecule has 21 heavy (non-hydrogen) atoms. The van der Waals surface area contributed by atoms with Crippen LogP contribution in [0.5, 0.6) is 0 Å². The summed E-state index contributed by atoms with van der Waals surface area (Å²) in [5.74, 6) is -1.28. The van der Waals surface area contributed by atoms with Crippen molar-refractivity contribution in [2.45, 2.75) is 12.8 Å². The molecule has 0 aliphatic rings. The van der Waals surface area contributed by atoms with Gasteiger partial charge in [-0.25, -0.2) is 4.79 Å². The highest BCUT2D eigenvalue weighted by molar-refractivity contribution is 5.76. The molecule has 0 bridgehead atoms. The molecule has 0 aromatic heterocycles. The Balaban J connectivity index is 2.25. The van der Waals surface area contributed by atoms with Crippen LogP contribution in [0.1, 0.15) is 12.0 Å². The Kier molecular flexibility index (Phi) is 6.82. The summed E-state index contributed by atoms with van der Waals surface area (Å²) in [5.41, 5.74) is 0.705. The van der Waals surface area contributed by atoms with Crippen LogP contribution >= 0.6 is 0 Å². The van der Waals surface area contributed by atoms with Crippen LogP contribution in [0.3, 0.4) is 0 Å². The fourth-order valence-electron chi connectivity index (χ4n) is 1.59. The standard InChI is InChI=1S/C13H16N2O6/c16-12(14-6-7-21-9-13(17)18)5-4-10-2-1-3-11(8-10)15(19)20/h1-3,8H,4-7,9H2,(H,14,16)(H,17,18). The van der Waals surface area contributed by atoms with Crippen LogP contribution in [0.4, 0.5) is 5.69 Å². The lowest BCUT2D eigenvalue weighted by molar-refractivity contribution is -0.384. The summed E-state index contributed by atoms with van der Waals surface area (Å²) in [6.45, 7) is -0.0561. The van der Waals surface area contributed by atoms with Gasteiger partial charge in [0.1, 0.15) is 6.61 Å². The average molecular weight is 296 g/mol. The van der Waals surface area contributed by atoms with Crippen molar-refractivity contribution in [3.05, 3.63) is 39.9 Å². The fraction of sp³-hybridized carbons (Fsp3) is 0.385. The first-order valence-corrected chi connectivity index (χ1v) is 6.28. The van der Waals surface area contributed by atoms with Gasteiger partial charge >= 0.3 is 5.97 Å². The van der Waals surface area contributed by atoms with Gasteiger partial charge in [0.05, 0.1) is 11.5 Å². The van der Waals surface area contributed by atoms with Crippen LogP contribution in [0.15, 0.2) is 24.3 Å². The summed E-state index contributed by atoms with van der Waals surface area (Å²) < 4.78 is 4.76.